The largest absolute Gasteiger partial charge is 0.324 e. The molecule has 3 rings (SSSR count). The van der Waals surface area contributed by atoms with Crippen molar-refractivity contribution in [3.8, 4) is 0 Å². The van der Waals surface area contributed by atoms with Crippen molar-refractivity contribution in [2.45, 2.75) is 19.6 Å². The Morgan fingerprint density at radius 3 is 2.43 bits per heavy atom. The van der Waals surface area contributed by atoms with E-state index in [1.54, 1.807) is 12.1 Å². The number of non-ortho nitro benzene ring substituents is 1. The molecule has 0 saturated heterocycles. The van der Waals surface area contributed by atoms with Crippen LogP contribution in [0.2, 0.25) is 0 Å². The SMILES string of the molecule is NNc1ccc([N+](=O)[O-])cc1CN1Cc2ccccc2C1. The van der Waals surface area contributed by atoms with Gasteiger partial charge in [0.15, 0.2) is 0 Å². The maximum Gasteiger partial charge on any atom is 0.269 e. The molecule has 0 bridgehead atoms. The van der Waals surface area contributed by atoms with Gasteiger partial charge in [0.25, 0.3) is 5.69 Å². The number of nitrogen functional groups attached to an aromatic ring is 1. The molecule has 0 aromatic heterocycles. The van der Waals surface area contributed by atoms with Gasteiger partial charge in [0, 0.05) is 31.8 Å². The Hall–Kier alpha value is -2.44. The fourth-order valence-corrected chi connectivity index (χ4v) is 2.72. The molecule has 6 heteroatoms. The van der Waals surface area contributed by atoms with Crippen LogP contribution in [-0.4, -0.2) is 9.82 Å². The molecule has 0 unspecified atom stereocenters. The van der Waals surface area contributed by atoms with Crippen molar-refractivity contribution in [3.63, 3.8) is 0 Å². The number of hydrogen-bond acceptors (Lipinski definition) is 5. The molecule has 2 aromatic carbocycles. The Labute approximate surface area is 122 Å². The standard InChI is InChI=1S/C15H16N4O2/c16-17-15-6-5-14(19(20)21)7-13(15)10-18-8-11-3-1-2-4-12(11)9-18/h1-7,17H,8-10,16H2. The number of fused-ring (bicyclic) bond motifs is 1. The molecule has 2 aromatic rings. The lowest BCUT2D eigenvalue weighted by Gasteiger charge is -2.17. The first-order chi connectivity index (χ1) is 10.2. The van der Waals surface area contributed by atoms with Crippen molar-refractivity contribution in [2.24, 2.45) is 5.84 Å². The Bertz CT molecular complexity index is 662. The number of nitrogens with zero attached hydrogens (tertiary/aromatic N) is 2. The highest BCUT2D eigenvalue weighted by Crippen LogP contribution is 2.28. The van der Waals surface area contributed by atoms with E-state index in [0.717, 1.165) is 24.3 Å². The van der Waals surface area contributed by atoms with Gasteiger partial charge in [-0.1, -0.05) is 24.3 Å². The summed E-state index contributed by atoms with van der Waals surface area (Å²) in [7, 11) is 0. The van der Waals surface area contributed by atoms with Gasteiger partial charge in [0.1, 0.15) is 0 Å². The highest BCUT2D eigenvalue weighted by molar-refractivity contribution is 5.55. The van der Waals surface area contributed by atoms with Crippen LogP contribution in [0.5, 0.6) is 0 Å². The van der Waals surface area contributed by atoms with Gasteiger partial charge in [-0.3, -0.25) is 20.9 Å². The summed E-state index contributed by atoms with van der Waals surface area (Å²) in [5, 5.41) is 10.9. The van der Waals surface area contributed by atoms with Crippen LogP contribution >= 0.6 is 0 Å². The lowest BCUT2D eigenvalue weighted by Crippen LogP contribution is -2.18. The van der Waals surface area contributed by atoms with Gasteiger partial charge in [0.05, 0.1) is 10.6 Å². The second kappa shape index (κ2) is 5.51. The third-order valence-electron chi connectivity index (χ3n) is 3.76. The zero-order valence-corrected chi connectivity index (χ0v) is 11.5. The van der Waals surface area contributed by atoms with Crippen molar-refractivity contribution < 1.29 is 4.92 Å². The van der Waals surface area contributed by atoms with E-state index in [1.165, 1.54) is 17.2 Å². The normalized spacial score (nSPS) is 14.0. The number of anilines is 1. The Morgan fingerprint density at radius 2 is 1.86 bits per heavy atom. The summed E-state index contributed by atoms with van der Waals surface area (Å²) >= 11 is 0. The highest BCUT2D eigenvalue weighted by atomic mass is 16.6. The lowest BCUT2D eigenvalue weighted by atomic mass is 10.1. The fraction of sp³-hybridized carbons (Fsp3) is 0.200. The van der Waals surface area contributed by atoms with Crippen LogP contribution in [0.1, 0.15) is 16.7 Å². The predicted molar refractivity (Wildman–Crippen MR) is 80.3 cm³/mol. The minimum atomic E-state index is -0.386. The first-order valence-corrected chi connectivity index (χ1v) is 6.70. The van der Waals surface area contributed by atoms with Crippen molar-refractivity contribution in [3.05, 3.63) is 69.3 Å². The Morgan fingerprint density at radius 1 is 1.19 bits per heavy atom. The fourth-order valence-electron chi connectivity index (χ4n) is 2.72. The van der Waals surface area contributed by atoms with Gasteiger partial charge in [-0.25, -0.2) is 0 Å². The number of hydrogen-bond donors (Lipinski definition) is 2. The van der Waals surface area contributed by atoms with E-state index in [4.69, 9.17) is 5.84 Å². The molecule has 0 atom stereocenters. The summed E-state index contributed by atoms with van der Waals surface area (Å²) in [5.41, 5.74) is 6.86. The molecule has 0 saturated carbocycles. The molecule has 0 aliphatic carbocycles. The monoisotopic (exact) mass is 284 g/mol. The number of nitrogens with one attached hydrogen (secondary N) is 1. The van der Waals surface area contributed by atoms with Gasteiger partial charge >= 0.3 is 0 Å². The van der Waals surface area contributed by atoms with Gasteiger partial charge in [-0.15, -0.1) is 0 Å². The maximum atomic E-state index is 10.9. The molecule has 0 fully saturated rings. The summed E-state index contributed by atoms with van der Waals surface area (Å²) in [4.78, 5) is 12.8. The van der Waals surface area contributed by atoms with E-state index in [-0.39, 0.29) is 10.6 Å². The number of benzene rings is 2. The quantitative estimate of drug-likeness (QED) is 0.511. The van der Waals surface area contributed by atoms with Gasteiger partial charge in [-0.2, -0.15) is 0 Å². The zero-order chi connectivity index (χ0) is 14.8. The van der Waals surface area contributed by atoms with Crippen LogP contribution in [0.3, 0.4) is 0 Å². The molecule has 0 spiro atoms. The van der Waals surface area contributed by atoms with E-state index in [0.29, 0.717) is 6.54 Å². The molecule has 0 radical (unpaired) electrons. The molecule has 21 heavy (non-hydrogen) atoms. The number of nitro benzene ring substituents is 1. The number of rotatable bonds is 4. The number of nitrogens with two attached hydrogens (primary N) is 1. The van der Waals surface area contributed by atoms with Gasteiger partial charge in [-0.05, 0) is 22.8 Å². The smallest absolute Gasteiger partial charge is 0.269 e. The first-order valence-electron chi connectivity index (χ1n) is 6.70. The zero-order valence-electron chi connectivity index (χ0n) is 11.5. The van der Waals surface area contributed by atoms with Gasteiger partial charge < -0.3 is 5.43 Å². The van der Waals surface area contributed by atoms with E-state index in [2.05, 4.69) is 22.5 Å². The molecular formula is C15H16N4O2. The molecule has 1 aliphatic rings. The molecule has 1 heterocycles. The number of nitro groups is 1. The summed E-state index contributed by atoms with van der Waals surface area (Å²) in [6, 6.07) is 13.0. The summed E-state index contributed by atoms with van der Waals surface area (Å²) < 4.78 is 0. The van der Waals surface area contributed by atoms with Crippen LogP contribution in [0, 0.1) is 10.1 Å². The molecule has 1 aliphatic heterocycles. The first kappa shape index (κ1) is 13.5. The van der Waals surface area contributed by atoms with Crippen LogP contribution in [0.25, 0.3) is 0 Å². The Balaban J connectivity index is 1.82. The van der Waals surface area contributed by atoms with Crippen LogP contribution < -0.4 is 11.3 Å². The average molecular weight is 284 g/mol. The topological polar surface area (TPSA) is 84.4 Å². The van der Waals surface area contributed by atoms with Crippen molar-refractivity contribution in [2.75, 3.05) is 5.43 Å². The maximum absolute atomic E-state index is 10.9. The van der Waals surface area contributed by atoms with Crippen molar-refractivity contribution >= 4 is 11.4 Å². The van der Waals surface area contributed by atoms with Crippen molar-refractivity contribution in [1.82, 2.24) is 4.90 Å². The minimum Gasteiger partial charge on any atom is -0.324 e. The third-order valence-corrected chi connectivity index (χ3v) is 3.76. The summed E-state index contributed by atoms with van der Waals surface area (Å²) in [6.45, 7) is 2.32. The predicted octanol–water partition coefficient (Wildman–Crippen LogP) is 2.40. The van der Waals surface area contributed by atoms with E-state index < -0.39 is 0 Å². The third kappa shape index (κ3) is 2.72. The molecular weight excluding hydrogens is 268 g/mol. The van der Waals surface area contributed by atoms with Gasteiger partial charge in [0.2, 0.25) is 0 Å². The molecule has 0 amide bonds. The minimum absolute atomic E-state index is 0.0840. The van der Waals surface area contributed by atoms with E-state index in [9.17, 15) is 10.1 Å². The summed E-state index contributed by atoms with van der Waals surface area (Å²) in [6.07, 6.45) is 0. The highest BCUT2D eigenvalue weighted by Gasteiger charge is 2.20. The van der Waals surface area contributed by atoms with Crippen LogP contribution in [0.4, 0.5) is 11.4 Å². The van der Waals surface area contributed by atoms with Crippen LogP contribution in [-0.2, 0) is 19.6 Å². The second-order valence-corrected chi connectivity index (χ2v) is 5.16. The van der Waals surface area contributed by atoms with Crippen molar-refractivity contribution in [1.29, 1.82) is 0 Å². The molecule has 108 valence electrons. The van der Waals surface area contributed by atoms with Crippen LogP contribution in [0.15, 0.2) is 42.5 Å². The second-order valence-electron chi connectivity index (χ2n) is 5.16. The van der Waals surface area contributed by atoms with E-state index >= 15 is 0 Å². The number of hydrazine groups is 1. The summed E-state index contributed by atoms with van der Waals surface area (Å²) in [5.74, 6) is 5.50. The van der Waals surface area contributed by atoms with E-state index in [1.807, 2.05) is 12.1 Å². The Kier molecular flexibility index (Phi) is 3.55. The molecule has 6 nitrogen and oxygen atoms in total. The lowest BCUT2D eigenvalue weighted by molar-refractivity contribution is -0.384. The average Bonchev–Trinajstić information content (AvgIpc) is 2.89. The molecule has 3 N–H and O–H groups in total.